The Morgan fingerprint density at radius 2 is 2.05 bits per heavy atom. The monoisotopic (exact) mass is 279 g/mol. The first-order chi connectivity index (χ1) is 9.40. The van der Waals surface area contributed by atoms with Crippen LogP contribution in [-0.2, 0) is 7.05 Å². The van der Waals surface area contributed by atoms with E-state index in [0.29, 0.717) is 11.1 Å². The van der Waals surface area contributed by atoms with Crippen LogP contribution < -0.4 is 0 Å². The fraction of sp³-hybridized carbons (Fsp3) is 0.286. The van der Waals surface area contributed by atoms with Gasteiger partial charge in [0.25, 0.3) is 5.91 Å². The van der Waals surface area contributed by atoms with Crippen molar-refractivity contribution in [3.05, 3.63) is 53.4 Å². The number of rotatable bonds is 3. The van der Waals surface area contributed by atoms with E-state index in [1.807, 2.05) is 0 Å². The first-order valence-electron chi connectivity index (χ1n) is 6.11. The van der Waals surface area contributed by atoms with Gasteiger partial charge in [-0.2, -0.15) is 5.10 Å². The molecule has 2 rings (SSSR count). The zero-order chi connectivity index (χ0) is 14.9. The highest BCUT2D eigenvalue weighted by Gasteiger charge is 2.20. The van der Waals surface area contributed by atoms with Crippen LogP contribution in [0.2, 0.25) is 0 Å². The van der Waals surface area contributed by atoms with Gasteiger partial charge in [-0.15, -0.1) is 0 Å². The standard InChI is InChI=1S/C14H15F2N3O/c1-9(10-4-5-12(15)13(16)6-10)19(3)14(20)11-7-17-18(2)8-11/h4-9H,1-3H3/t9-/m0/s1. The largest absolute Gasteiger partial charge is 0.335 e. The quantitative estimate of drug-likeness (QED) is 0.866. The van der Waals surface area contributed by atoms with Crippen molar-refractivity contribution in [1.82, 2.24) is 14.7 Å². The van der Waals surface area contributed by atoms with Crippen molar-refractivity contribution in [3.63, 3.8) is 0 Å². The Bertz CT molecular complexity index is 639. The summed E-state index contributed by atoms with van der Waals surface area (Å²) >= 11 is 0. The van der Waals surface area contributed by atoms with Crippen LogP contribution in [0.5, 0.6) is 0 Å². The van der Waals surface area contributed by atoms with Crippen LogP contribution in [-0.4, -0.2) is 27.6 Å². The molecule has 0 spiro atoms. The van der Waals surface area contributed by atoms with Crippen molar-refractivity contribution in [3.8, 4) is 0 Å². The first kappa shape index (κ1) is 14.2. The van der Waals surface area contributed by atoms with Gasteiger partial charge >= 0.3 is 0 Å². The highest BCUT2D eigenvalue weighted by Crippen LogP contribution is 2.22. The number of aryl methyl sites for hydroxylation is 1. The van der Waals surface area contributed by atoms with E-state index >= 15 is 0 Å². The molecule has 0 aliphatic heterocycles. The summed E-state index contributed by atoms with van der Waals surface area (Å²) in [6, 6.07) is 3.25. The highest BCUT2D eigenvalue weighted by molar-refractivity contribution is 5.93. The maximum atomic E-state index is 13.2. The van der Waals surface area contributed by atoms with Gasteiger partial charge in [0.05, 0.1) is 17.8 Å². The molecule has 1 aromatic carbocycles. The average Bonchev–Trinajstić information content (AvgIpc) is 2.86. The molecule has 0 saturated carbocycles. The van der Waals surface area contributed by atoms with Crippen molar-refractivity contribution in [2.75, 3.05) is 7.05 Å². The number of carbonyl (C=O) groups is 1. The molecule has 106 valence electrons. The summed E-state index contributed by atoms with van der Waals surface area (Å²) in [5, 5.41) is 3.94. The average molecular weight is 279 g/mol. The van der Waals surface area contributed by atoms with Crippen LogP contribution >= 0.6 is 0 Å². The Hall–Kier alpha value is -2.24. The molecule has 0 saturated heterocycles. The van der Waals surface area contributed by atoms with Crippen LogP contribution in [0, 0.1) is 11.6 Å². The van der Waals surface area contributed by atoms with Gasteiger partial charge in [0, 0.05) is 20.3 Å². The summed E-state index contributed by atoms with van der Waals surface area (Å²) in [4.78, 5) is 13.7. The van der Waals surface area contributed by atoms with E-state index in [0.717, 1.165) is 12.1 Å². The SMILES string of the molecule is C[C@@H](c1ccc(F)c(F)c1)N(C)C(=O)c1cnn(C)c1. The minimum Gasteiger partial charge on any atom is -0.335 e. The topological polar surface area (TPSA) is 38.1 Å². The van der Waals surface area contributed by atoms with E-state index in [2.05, 4.69) is 5.10 Å². The zero-order valence-corrected chi connectivity index (χ0v) is 11.5. The summed E-state index contributed by atoms with van der Waals surface area (Å²) in [6.07, 6.45) is 3.08. The van der Waals surface area contributed by atoms with Crippen LogP contribution in [0.25, 0.3) is 0 Å². The molecule has 0 bridgehead atoms. The van der Waals surface area contributed by atoms with E-state index in [4.69, 9.17) is 0 Å². The van der Waals surface area contributed by atoms with Crippen LogP contribution in [0.3, 0.4) is 0 Å². The second-order valence-corrected chi connectivity index (χ2v) is 4.67. The van der Waals surface area contributed by atoms with Gasteiger partial charge < -0.3 is 4.90 Å². The number of hydrogen-bond donors (Lipinski definition) is 0. The number of aromatic nitrogens is 2. The maximum absolute atomic E-state index is 13.2. The molecule has 0 unspecified atom stereocenters. The second kappa shape index (κ2) is 5.40. The van der Waals surface area contributed by atoms with Crippen molar-refractivity contribution < 1.29 is 13.6 Å². The van der Waals surface area contributed by atoms with E-state index < -0.39 is 11.6 Å². The molecule has 20 heavy (non-hydrogen) atoms. The van der Waals surface area contributed by atoms with Crippen molar-refractivity contribution >= 4 is 5.91 Å². The summed E-state index contributed by atoms with van der Waals surface area (Å²) in [5.41, 5.74) is 0.980. The third-order valence-electron chi connectivity index (χ3n) is 3.28. The number of amides is 1. The van der Waals surface area contributed by atoms with Crippen molar-refractivity contribution in [1.29, 1.82) is 0 Å². The smallest absolute Gasteiger partial charge is 0.257 e. The molecule has 0 aliphatic carbocycles. The van der Waals surface area contributed by atoms with E-state index in [1.54, 1.807) is 27.2 Å². The summed E-state index contributed by atoms with van der Waals surface area (Å²) < 4.78 is 27.7. The Labute approximate surface area is 115 Å². The Morgan fingerprint density at radius 3 is 2.60 bits per heavy atom. The first-order valence-corrected chi connectivity index (χ1v) is 6.11. The fourth-order valence-electron chi connectivity index (χ4n) is 1.91. The highest BCUT2D eigenvalue weighted by atomic mass is 19.2. The molecule has 4 nitrogen and oxygen atoms in total. The lowest BCUT2D eigenvalue weighted by atomic mass is 10.1. The molecule has 0 N–H and O–H groups in total. The Kier molecular flexibility index (Phi) is 3.83. The predicted octanol–water partition coefficient (Wildman–Crippen LogP) is 2.53. The Morgan fingerprint density at radius 1 is 1.35 bits per heavy atom. The molecule has 1 aromatic heterocycles. The maximum Gasteiger partial charge on any atom is 0.257 e. The number of benzene rings is 1. The molecule has 0 fully saturated rings. The molecule has 6 heteroatoms. The van der Waals surface area contributed by atoms with Gasteiger partial charge in [-0.1, -0.05) is 6.07 Å². The number of halogens is 2. The van der Waals surface area contributed by atoms with E-state index in [1.165, 1.54) is 21.8 Å². The van der Waals surface area contributed by atoms with Crippen LogP contribution in [0.15, 0.2) is 30.6 Å². The fourth-order valence-corrected chi connectivity index (χ4v) is 1.91. The van der Waals surface area contributed by atoms with Crippen molar-refractivity contribution in [2.45, 2.75) is 13.0 Å². The normalized spacial score (nSPS) is 12.2. The van der Waals surface area contributed by atoms with E-state index in [-0.39, 0.29) is 11.9 Å². The van der Waals surface area contributed by atoms with Gasteiger partial charge in [0.2, 0.25) is 0 Å². The summed E-state index contributed by atoms with van der Waals surface area (Å²) in [6.45, 7) is 1.75. The molecular weight excluding hydrogens is 264 g/mol. The van der Waals surface area contributed by atoms with Gasteiger partial charge in [0.1, 0.15) is 0 Å². The third-order valence-corrected chi connectivity index (χ3v) is 3.28. The molecule has 1 heterocycles. The zero-order valence-electron chi connectivity index (χ0n) is 11.5. The molecule has 0 aliphatic rings. The summed E-state index contributed by atoms with van der Waals surface area (Å²) in [7, 11) is 3.33. The lowest BCUT2D eigenvalue weighted by Crippen LogP contribution is -2.29. The molecule has 2 aromatic rings. The molecule has 1 amide bonds. The molecular formula is C14H15F2N3O. The van der Waals surface area contributed by atoms with Gasteiger partial charge in [-0.05, 0) is 24.6 Å². The van der Waals surface area contributed by atoms with Gasteiger partial charge in [-0.25, -0.2) is 8.78 Å². The minimum absolute atomic E-state index is 0.227. The predicted molar refractivity (Wildman–Crippen MR) is 70.1 cm³/mol. The summed E-state index contributed by atoms with van der Waals surface area (Å²) in [5.74, 6) is -2.05. The van der Waals surface area contributed by atoms with E-state index in [9.17, 15) is 13.6 Å². The third kappa shape index (κ3) is 2.68. The van der Waals surface area contributed by atoms with Crippen molar-refractivity contribution in [2.24, 2.45) is 7.05 Å². The lowest BCUT2D eigenvalue weighted by Gasteiger charge is -2.25. The van der Waals surface area contributed by atoms with Gasteiger partial charge in [0.15, 0.2) is 11.6 Å². The Balaban J connectivity index is 2.21. The number of hydrogen-bond acceptors (Lipinski definition) is 2. The number of nitrogens with zero attached hydrogens (tertiary/aromatic N) is 3. The lowest BCUT2D eigenvalue weighted by molar-refractivity contribution is 0.0742. The molecule has 0 radical (unpaired) electrons. The second-order valence-electron chi connectivity index (χ2n) is 4.67. The number of carbonyl (C=O) groups excluding carboxylic acids is 1. The van der Waals surface area contributed by atoms with Gasteiger partial charge in [-0.3, -0.25) is 9.48 Å². The minimum atomic E-state index is -0.920. The van der Waals surface area contributed by atoms with Crippen LogP contribution in [0.1, 0.15) is 28.9 Å². The molecule has 1 atom stereocenters. The van der Waals surface area contributed by atoms with Crippen LogP contribution in [0.4, 0.5) is 8.78 Å².